The van der Waals surface area contributed by atoms with Crippen molar-refractivity contribution in [1.29, 1.82) is 0 Å². The molecular formula is C21H26N2O4. The topological polar surface area (TPSA) is 88.4 Å². The zero-order valence-corrected chi connectivity index (χ0v) is 15.8. The average Bonchev–Trinajstić information content (AvgIpc) is 2.67. The lowest BCUT2D eigenvalue weighted by Crippen LogP contribution is -2.33. The summed E-state index contributed by atoms with van der Waals surface area (Å²) < 4.78 is 1.27. The van der Waals surface area contributed by atoms with Gasteiger partial charge in [-0.25, -0.2) is 4.79 Å². The van der Waals surface area contributed by atoms with Gasteiger partial charge in [-0.2, -0.15) is 0 Å². The van der Waals surface area contributed by atoms with Crippen LogP contribution in [0.2, 0.25) is 0 Å². The first-order valence-corrected chi connectivity index (χ1v) is 9.25. The Morgan fingerprint density at radius 2 is 1.81 bits per heavy atom. The number of nitrogens with zero attached hydrogens (tertiary/aromatic N) is 1. The van der Waals surface area contributed by atoms with E-state index < -0.39 is 17.6 Å². The molecular weight excluding hydrogens is 344 g/mol. The Morgan fingerprint density at radius 1 is 1.11 bits per heavy atom. The zero-order chi connectivity index (χ0) is 19.8. The minimum Gasteiger partial charge on any atom is -0.480 e. The van der Waals surface area contributed by atoms with Gasteiger partial charge >= 0.3 is 5.97 Å². The first-order valence-electron chi connectivity index (χ1n) is 9.25. The lowest BCUT2D eigenvalue weighted by molar-refractivity contribution is -0.140. The predicted molar refractivity (Wildman–Crippen MR) is 105 cm³/mol. The number of carbonyl (C=O) groups is 2. The fraction of sp³-hybridized carbons (Fsp3) is 0.381. The number of benzene rings is 1. The number of carboxylic acids is 1. The SMILES string of the molecule is CCCCc1ccc(NC(=O)CCc2ccccc2)c(=O)n1C(C)C(=O)O. The van der Waals surface area contributed by atoms with Crippen LogP contribution in [-0.2, 0) is 22.4 Å². The number of hydrogen-bond acceptors (Lipinski definition) is 3. The van der Waals surface area contributed by atoms with Gasteiger partial charge in [0.15, 0.2) is 0 Å². The van der Waals surface area contributed by atoms with Gasteiger partial charge in [0.25, 0.3) is 5.56 Å². The van der Waals surface area contributed by atoms with Crippen molar-refractivity contribution < 1.29 is 14.7 Å². The highest BCUT2D eigenvalue weighted by molar-refractivity contribution is 5.90. The summed E-state index contributed by atoms with van der Waals surface area (Å²) in [6.45, 7) is 3.50. The fourth-order valence-electron chi connectivity index (χ4n) is 2.90. The number of amides is 1. The second-order valence-corrected chi connectivity index (χ2v) is 6.57. The summed E-state index contributed by atoms with van der Waals surface area (Å²) in [5.41, 5.74) is 1.34. The molecule has 0 aliphatic carbocycles. The molecule has 1 aromatic heterocycles. The smallest absolute Gasteiger partial charge is 0.326 e. The van der Waals surface area contributed by atoms with Gasteiger partial charge in [-0.15, -0.1) is 0 Å². The van der Waals surface area contributed by atoms with Gasteiger partial charge in [0, 0.05) is 12.1 Å². The van der Waals surface area contributed by atoms with Crippen molar-refractivity contribution >= 4 is 17.6 Å². The lowest BCUT2D eigenvalue weighted by Gasteiger charge is -2.18. The number of rotatable bonds is 9. The zero-order valence-electron chi connectivity index (χ0n) is 15.8. The van der Waals surface area contributed by atoms with Crippen molar-refractivity contribution in [3.63, 3.8) is 0 Å². The molecule has 0 bridgehead atoms. The largest absolute Gasteiger partial charge is 0.480 e. The number of nitrogens with one attached hydrogen (secondary N) is 1. The van der Waals surface area contributed by atoms with Crippen molar-refractivity contribution in [2.24, 2.45) is 0 Å². The van der Waals surface area contributed by atoms with Crippen LogP contribution >= 0.6 is 0 Å². The van der Waals surface area contributed by atoms with Crippen LogP contribution in [-0.4, -0.2) is 21.6 Å². The lowest BCUT2D eigenvalue weighted by atomic mass is 10.1. The van der Waals surface area contributed by atoms with Crippen LogP contribution in [0.1, 0.15) is 50.4 Å². The van der Waals surface area contributed by atoms with Crippen LogP contribution in [0.5, 0.6) is 0 Å². The Bertz CT molecular complexity index is 843. The van der Waals surface area contributed by atoms with E-state index in [1.54, 1.807) is 12.1 Å². The summed E-state index contributed by atoms with van der Waals surface area (Å²) in [6, 6.07) is 11.9. The van der Waals surface area contributed by atoms with Crippen molar-refractivity contribution in [3.8, 4) is 0 Å². The molecule has 2 rings (SSSR count). The van der Waals surface area contributed by atoms with Crippen LogP contribution in [0, 0.1) is 0 Å². The van der Waals surface area contributed by atoms with Crippen molar-refractivity contribution in [2.75, 3.05) is 5.32 Å². The maximum absolute atomic E-state index is 12.8. The molecule has 1 heterocycles. The quantitative estimate of drug-likeness (QED) is 0.708. The first kappa shape index (κ1) is 20.4. The maximum atomic E-state index is 12.8. The van der Waals surface area contributed by atoms with Crippen LogP contribution in [0.25, 0.3) is 0 Å². The summed E-state index contributed by atoms with van der Waals surface area (Å²) in [5.74, 6) is -1.35. The summed E-state index contributed by atoms with van der Waals surface area (Å²) >= 11 is 0. The van der Waals surface area contributed by atoms with Gasteiger partial charge in [-0.3, -0.25) is 14.2 Å². The number of pyridine rings is 1. The summed E-state index contributed by atoms with van der Waals surface area (Å²) in [6.07, 6.45) is 3.23. The molecule has 0 saturated heterocycles. The third kappa shape index (κ3) is 5.54. The average molecular weight is 370 g/mol. The molecule has 2 N–H and O–H groups in total. The van der Waals surface area contributed by atoms with E-state index in [-0.39, 0.29) is 18.0 Å². The van der Waals surface area contributed by atoms with E-state index in [0.717, 1.165) is 18.4 Å². The molecule has 0 aliphatic heterocycles. The third-order valence-electron chi connectivity index (χ3n) is 4.49. The molecule has 6 heteroatoms. The van der Waals surface area contributed by atoms with E-state index in [1.165, 1.54) is 11.5 Å². The number of aryl methyl sites for hydroxylation is 2. The van der Waals surface area contributed by atoms with Crippen molar-refractivity contribution in [2.45, 2.75) is 52.0 Å². The molecule has 1 atom stereocenters. The molecule has 1 aromatic carbocycles. The Kier molecular flexibility index (Phi) is 7.34. The van der Waals surface area contributed by atoms with Gasteiger partial charge < -0.3 is 10.4 Å². The third-order valence-corrected chi connectivity index (χ3v) is 4.49. The number of carboxylic acid groups (broad SMARTS) is 1. The highest BCUT2D eigenvalue weighted by atomic mass is 16.4. The standard InChI is InChI=1S/C21H26N2O4/c1-3-4-10-17-12-13-18(20(25)23(17)15(2)21(26)27)22-19(24)14-11-16-8-6-5-7-9-16/h5-9,12-13,15H,3-4,10-11,14H2,1-2H3,(H,22,24)(H,26,27). The number of aliphatic carboxylic acids is 1. The van der Waals surface area contributed by atoms with Gasteiger partial charge in [-0.05, 0) is 43.9 Å². The van der Waals surface area contributed by atoms with Gasteiger partial charge in [0.2, 0.25) is 5.91 Å². The van der Waals surface area contributed by atoms with Crippen molar-refractivity contribution in [3.05, 3.63) is 64.1 Å². The normalized spacial score (nSPS) is 11.8. The van der Waals surface area contributed by atoms with Crippen molar-refractivity contribution in [1.82, 2.24) is 4.57 Å². The monoisotopic (exact) mass is 370 g/mol. The highest BCUT2D eigenvalue weighted by Crippen LogP contribution is 2.14. The molecule has 144 valence electrons. The molecule has 0 saturated carbocycles. The number of hydrogen-bond donors (Lipinski definition) is 2. The summed E-state index contributed by atoms with van der Waals surface area (Å²) in [5, 5.41) is 12.0. The Labute approximate surface area is 158 Å². The maximum Gasteiger partial charge on any atom is 0.326 e. The van der Waals surface area contributed by atoms with Gasteiger partial charge in [0.1, 0.15) is 11.7 Å². The molecule has 6 nitrogen and oxygen atoms in total. The van der Waals surface area contributed by atoms with Crippen LogP contribution in [0.4, 0.5) is 5.69 Å². The fourth-order valence-corrected chi connectivity index (χ4v) is 2.90. The molecule has 1 amide bonds. The molecule has 0 radical (unpaired) electrons. The van der Waals surface area contributed by atoms with E-state index in [4.69, 9.17) is 0 Å². The van der Waals surface area contributed by atoms with E-state index in [2.05, 4.69) is 5.32 Å². The highest BCUT2D eigenvalue weighted by Gasteiger charge is 2.20. The van der Waals surface area contributed by atoms with Gasteiger partial charge in [-0.1, -0.05) is 43.7 Å². The van der Waals surface area contributed by atoms with E-state index >= 15 is 0 Å². The minimum atomic E-state index is -1.08. The number of anilines is 1. The Hall–Kier alpha value is -2.89. The minimum absolute atomic E-state index is 0.112. The summed E-state index contributed by atoms with van der Waals surface area (Å²) in [4.78, 5) is 36.5. The number of carbonyl (C=O) groups excluding carboxylic acids is 1. The first-order chi connectivity index (χ1) is 12.9. The van der Waals surface area contributed by atoms with Crippen LogP contribution in [0.15, 0.2) is 47.3 Å². The van der Waals surface area contributed by atoms with E-state index in [0.29, 0.717) is 18.5 Å². The molecule has 1 unspecified atom stereocenters. The van der Waals surface area contributed by atoms with E-state index in [9.17, 15) is 19.5 Å². The molecule has 0 aliphatic rings. The predicted octanol–water partition coefficient (Wildman–Crippen LogP) is 3.41. The van der Waals surface area contributed by atoms with Crippen LogP contribution < -0.4 is 10.9 Å². The van der Waals surface area contributed by atoms with Gasteiger partial charge in [0.05, 0.1) is 0 Å². The van der Waals surface area contributed by atoms with Crippen LogP contribution in [0.3, 0.4) is 0 Å². The number of aromatic nitrogens is 1. The second kappa shape index (κ2) is 9.71. The Morgan fingerprint density at radius 3 is 2.44 bits per heavy atom. The number of unbranched alkanes of at least 4 members (excludes halogenated alkanes) is 1. The summed E-state index contributed by atoms with van der Waals surface area (Å²) in [7, 11) is 0. The Balaban J connectivity index is 2.18. The molecule has 0 spiro atoms. The molecule has 2 aromatic rings. The second-order valence-electron chi connectivity index (χ2n) is 6.57. The molecule has 0 fully saturated rings. The van der Waals surface area contributed by atoms with E-state index in [1.807, 2.05) is 37.3 Å². The molecule has 27 heavy (non-hydrogen) atoms.